The highest BCUT2D eigenvalue weighted by atomic mass is 14.9. The molecule has 2 rings (SSSR count). The van der Waals surface area contributed by atoms with Crippen molar-refractivity contribution in [2.75, 3.05) is 13.1 Å². The van der Waals surface area contributed by atoms with Gasteiger partial charge in [-0.25, -0.2) is 0 Å². The molecule has 0 aromatic heterocycles. The van der Waals surface area contributed by atoms with E-state index in [-0.39, 0.29) is 0 Å². The van der Waals surface area contributed by atoms with Gasteiger partial charge in [0, 0.05) is 12.1 Å². The third-order valence-corrected chi connectivity index (χ3v) is 3.44. The first-order valence-corrected chi connectivity index (χ1v) is 6.65. The Bertz CT molecular complexity index is 145. The highest BCUT2D eigenvalue weighted by Gasteiger charge is 2.12. The fourth-order valence-corrected chi connectivity index (χ4v) is 2.41. The summed E-state index contributed by atoms with van der Waals surface area (Å²) in [5.41, 5.74) is 0. The van der Waals surface area contributed by atoms with Gasteiger partial charge in [0.15, 0.2) is 0 Å². The SMILES string of the molecule is CC1CCNC(C)C1.C[C@H]1CCCCN1. The van der Waals surface area contributed by atoms with Crippen molar-refractivity contribution in [1.82, 2.24) is 10.6 Å². The van der Waals surface area contributed by atoms with Crippen LogP contribution in [0, 0.1) is 5.92 Å². The van der Waals surface area contributed by atoms with Crippen LogP contribution in [0.3, 0.4) is 0 Å². The fraction of sp³-hybridized carbons (Fsp3) is 1.00. The first-order chi connectivity index (χ1) is 7.18. The third-order valence-electron chi connectivity index (χ3n) is 3.44. The van der Waals surface area contributed by atoms with Gasteiger partial charge in [0.1, 0.15) is 0 Å². The summed E-state index contributed by atoms with van der Waals surface area (Å²) in [5.74, 6) is 0.950. The van der Waals surface area contributed by atoms with E-state index in [4.69, 9.17) is 0 Å². The minimum Gasteiger partial charge on any atom is -0.314 e. The van der Waals surface area contributed by atoms with Gasteiger partial charge in [0.05, 0.1) is 0 Å². The molecule has 0 amide bonds. The van der Waals surface area contributed by atoms with Crippen molar-refractivity contribution in [2.45, 2.75) is 65.0 Å². The molecular formula is C13H28N2. The topological polar surface area (TPSA) is 24.1 Å². The van der Waals surface area contributed by atoms with Crippen LogP contribution in [0.2, 0.25) is 0 Å². The largest absolute Gasteiger partial charge is 0.314 e. The molecule has 2 aliphatic rings. The molecule has 0 aromatic carbocycles. The van der Waals surface area contributed by atoms with Crippen LogP contribution in [0.5, 0.6) is 0 Å². The van der Waals surface area contributed by atoms with E-state index >= 15 is 0 Å². The van der Waals surface area contributed by atoms with Crippen molar-refractivity contribution in [3.8, 4) is 0 Å². The average Bonchev–Trinajstić information content (AvgIpc) is 2.19. The van der Waals surface area contributed by atoms with E-state index in [1.165, 1.54) is 45.2 Å². The molecule has 3 atom stereocenters. The van der Waals surface area contributed by atoms with Crippen LogP contribution in [-0.4, -0.2) is 25.2 Å². The quantitative estimate of drug-likeness (QED) is 0.645. The summed E-state index contributed by atoms with van der Waals surface area (Å²) < 4.78 is 0. The number of rotatable bonds is 0. The second-order valence-electron chi connectivity index (χ2n) is 5.34. The number of nitrogens with one attached hydrogen (secondary N) is 2. The van der Waals surface area contributed by atoms with E-state index in [1.807, 2.05) is 0 Å². The molecule has 2 aliphatic heterocycles. The highest BCUT2D eigenvalue weighted by Crippen LogP contribution is 2.13. The Hall–Kier alpha value is -0.0800. The van der Waals surface area contributed by atoms with Crippen molar-refractivity contribution >= 4 is 0 Å². The Morgan fingerprint density at radius 1 is 0.800 bits per heavy atom. The molecule has 0 aromatic rings. The molecule has 2 heteroatoms. The lowest BCUT2D eigenvalue weighted by molar-refractivity contribution is 0.336. The van der Waals surface area contributed by atoms with Crippen LogP contribution in [-0.2, 0) is 0 Å². The lowest BCUT2D eigenvalue weighted by Crippen LogP contribution is -2.34. The number of hydrogen-bond donors (Lipinski definition) is 2. The van der Waals surface area contributed by atoms with Crippen LogP contribution in [0.15, 0.2) is 0 Å². The standard InChI is InChI=1S/C7H15N.C6H13N/c1-6-3-4-8-7(2)5-6;1-6-4-2-3-5-7-6/h6-8H,3-5H2,1-2H3;6-7H,2-5H2,1H3/t;6-/m.0/s1. The van der Waals surface area contributed by atoms with Crippen molar-refractivity contribution in [3.63, 3.8) is 0 Å². The second-order valence-corrected chi connectivity index (χ2v) is 5.34. The van der Waals surface area contributed by atoms with Gasteiger partial charge in [-0.3, -0.25) is 0 Å². The zero-order valence-corrected chi connectivity index (χ0v) is 10.7. The molecule has 2 saturated heterocycles. The maximum atomic E-state index is 3.41. The van der Waals surface area contributed by atoms with Crippen LogP contribution in [0.4, 0.5) is 0 Å². The lowest BCUT2D eigenvalue weighted by Gasteiger charge is -2.24. The Morgan fingerprint density at radius 3 is 1.87 bits per heavy atom. The van der Waals surface area contributed by atoms with E-state index in [1.54, 1.807) is 0 Å². The molecule has 15 heavy (non-hydrogen) atoms. The monoisotopic (exact) mass is 212 g/mol. The summed E-state index contributed by atoms with van der Waals surface area (Å²) in [7, 11) is 0. The molecule has 2 N–H and O–H groups in total. The van der Waals surface area contributed by atoms with Crippen LogP contribution < -0.4 is 10.6 Å². The maximum Gasteiger partial charge on any atom is 0.00412 e. The average molecular weight is 212 g/mol. The Morgan fingerprint density at radius 2 is 1.53 bits per heavy atom. The lowest BCUT2D eigenvalue weighted by atomic mass is 9.96. The Kier molecular flexibility index (Phi) is 6.26. The zero-order valence-electron chi connectivity index (χ0n) is 10.7. The Balaban J connectivity index is 0.000000151. The predicted octanol–water partition coefficient (Wildman–Crippen LogP) is 2.54. The summed E-state index contributed by atoms with van der Waals surface area (Å²) >= 11 is 0. The molecule has 90 valence electrons. The smallest absolute Gasteiger partial charge is 0.00412 e. The van der Waals surface area contributed by atoms with Crippen molar-refractivity contribution in [3.05, 3.63) is 0 Å². The molecule has 0 bridgehead atoms. The van der Waals surface area contributed by atoms with E-state index < -0.39 is 0 Å². The molecule has 0 saturated carbocycles. The van der Waals surface area contributed by atoms with Crippen molar-refractivity contribution < 1.29 is 0 Å². The summed E-state index contributed by atoms with van der Waals surface area (Å²) in [6, 6.07) is 1.55. The summed E-state index contributed by atoms with van der Waals surface area (Å²) in [6.07, 6.45) is 6.91. The van der Waals surface area contributed by atoms with E-state index in [0.717, 1.165) is 18.0 Å². The van der Waals surface area contributed by atoms with Gasteiger partial charge in [-0.1, -0.05) is 13.3 Å². The Labute approximate surface area is 95.2 Å². The van der Waals surface area contributed by atoms with Crippen LogP contribution in [0.25, 0.3) is 0 Å². The minimum absolute atomic E-state index is 0.763. The molecule has 2 unspecified atom stereocenters. The fourth-order valence-electron chi connectivity index (χ4n) is 2.41. The normalized spacial score (nSPS) is 36.6. The minimum atomic E-state index is 0.763. The predicted molar refractivity (Wildman–Crippen MR) is 67.2 cm³/mol. The second kappa shape index (κ2) is 7.24. The molecular weight excluding hydrogens is 184 g/mol. The molecule has 0 radical (unpaired) electrons. The van der Waals surface area contributed by atoms with E-state index in [2.05, 4.69) is 31.4 Å². The maximum absolute atomic E-state index is 3.41. The van der Waals surface area contributed by atoms with E-state index in [9.17, 15) is 0 Å². The first-order valence-electron chi connectivity index (χ1n) is 6.65. The van der Waals surface area contributed by atoms with Gasteiger partial charge >= 0.3 is 0 Å². The van der Waals surface area contributed by atoms with Gasteiger partial charge in [0.2, 0.25) is 0 Å². The zero-order chi connectivity index (χ0) is 11.1. The molecule has 2 fully saturated rings. The first kappa shape index (κ1) is 13.0. The summed E-state index contributed by atoms with van der Waals surface area (Å²) in [4.78, 5) is 0. The number of piperidine rings is 2. The molecule has 0 spiro atoms. The summed E-state index contributed by atoms with van der Waals surface area (Å²) in [6.45, 7) is 9.30. The van der Waals surface area contributed by atoms with E-state index in [0.29, 0.717) is 0 Å². The van der Waals surface area contributed by atoms with Crippen LogP contribution in [0.1, 0.15) is 52.9 Å². The van der Waals surface area contributed by atoms with Gasteiger partial charge in [-0.2, -0.15) is 0 Å². The van der Waals surface area contributed by atoms with Crippen LogP contribution >= 0.6 is 0 Å². The van der Waals surface area contributed by atoms with Gasteiger partial charge < -0.3 is 10.6 Å². The van der Waals surface area contributed by atoms with Crippen molar-refractivity contribution in [2.24, 2.45) is 5.92 Å². The van der Waals surface area contributed by atoms with Gasteiger partial charge in [0.25, 0.3) is 0 Å². The van der Waals surface area contributed by atoms with Gasteiger partial charge in [-0.15, -0.1) is 0 Å². The van der Waals surface area contributed by atoms with Gasteiger partial charge in [-0.05, 0) is 58.5 Å². The highest BCUT2D eigenvalue weighted by molar-refractivity contribution is 4.71. The summed E-state index contributed by atoms with van der Waals surface area (Å²) in [5, 5.41) is 6.79. The third kappa shape index (κ3) is 6.16. The number of hydrogen-bond acceptors (Lipinski definition) is 2. The van der Waals surface area contributed by atoms with Crippen molar-refractivity contribution in [1.29, 1.82) is 0 Å². The molecule has 2 heterocycles. The molecule has 0 aliphatic carbocycles. The molecule has 2 nitrogen and oxygen atoms in total.